The van der Waals surface area contributed by atoms with E-state index in [-0.39, 0.29) is 30.5 Å². The van der Waals surface area contributed by atoms with E-state index in [4.69, 9.17) is 9.47 Å². The Morgan fingerprint density at radius 1 is 1.17 bits per heavy atom. The number of alkyl halides is 3. The van der Waals surface area contributed by atoms with Crippen LogP contribution in [0, 0.1) is 6.92 Å². The van der Waals surface area contributed by atoms with Crippen LogP contribution in [0.4, 0.5) is 13.2 Å². The van der Waals surface area contributed by atoms with Gasteiger partial charge in [-0.05, 0) is 87.8 Å². The summed E-state index contributed by atoms with van der Waals surface area (Å²) >= 11 is 0. The highest BCUT2D eigenvalue weighted by molar-refractivity contribution is 5.83. The number of carbonyl (C=O) groups is 1. The standard InChI is InChI=1S/C31H34F3N5O3/c1-19-14-25-27(8-10-35-29(25)37-19)42-23-7-6-22-9-12-39(20(2)24(22)17-23)28(40)16-21-15-26(31(32,33)34)30(36-18-21)41-13-5-11-38(3)4/h6-8,10,14-15,17-18,20H,5,9,11-13,16H2,1-4H3,(H,35,37)/t20-/m0/s1. The molecule has 1 amide bonds. The molecule has 42 heavy (non-hydrogen) atoms. The highest BCUT2D eigenvalue weighted by atomic mass is 19.4. The van der Waals surface area contributed by atoms with Crippen molar-refractivity contribution in [2.24, 2.45) is 0 Å². The van der Waals surface area contributed by atoms with E-state index in [2.05, 4.69) is 15.0 Å². The number of pyridine rings is 2. The number of aromatic amines is 1. The van der Waals surface area contributed by atoms with Gasteiger partial charge < -0.3 is 24.3 Å². The summed E-state index contributed by atoms with van der Waals surface area (Å²) in [5.41, 5.74) is 2.97. The maximum absolute atomic E-state index is 13.8. The number of rotatable bonds is 9. The molecule has 1 aliphatic heterocycles. The van der Waals surface area contributed by atoms with E-state index in [1.54, 1.807) is 17.2 Å². The predicted octanol–water partition coefficient (Wildman–Crippen LogP) is 6.10. The Kier molecular flexibility index (Phi) is 8.40. The van der Waals surface area contributed by atoms with Crippen LogP contribution in [0.1, 0.15) is 47.3 Å². The fraction of sp³-hybridized carbons (Fsp3) is 0.387. The Morgan fingerprint density at radius 3 is 2.74 bits per heavy atom. The van der Waals surface area contributed by atoms with Crippen molar-refractivity contribution in [2.75, 3.05) is 33.8 Å². The number of carbonyl (C=O) groups excluding carboxylic acids is 1. The van der Waals surface area contributed by atoms with E-state index in [1.807, 2.05) is 57.1 Å². The highest BCUT2D eigenvalue weighted by Crippen LogP contribution is 2.37. The number of fused-ring (bicyclic) bond motifs is 2. The number of hydrogen-bond acceptors (Lipinski definition) is 6. The van der Waals surface area contributed by atoms with Gasteiger partial charge in [0.05, 0.1) is 24.5 Å². The van der Waals surface area contributed by atoms with Crippen molar-refractivity contribution in [2.45, 2.75) is 45.3 Å². The number of aromatic nitrogens is 3. The first-order chi connectivity index (χ1) is 20.0. The smallest absolute Gasteiger partial charge is 0.421 e. The van der Waals surface area contributed by atoms with Crippen molar-refractivity contribution < 1.29 is 27.4 Å². The summed E-state index contributed by atoms with van der Waals surface area (Å²) in [5.74, 6) is 0.555. The number of halogens is 3. The van der Waals surface area contributed by atoms with Crippen LogP contribution in [0.15, 0.2) is 48.8 Å². The second-order valence-corrected chi connectivity index (χ2v) is 10.9. The average Bonchev–Trinajstić information content (AvgIpc) is 3.32. The van der Waals surface area contributed by atoms with Crippen LogP contribution in [0.25, 0.3) is 11.0 Å². The summed E-state index contributed by atoms with van der Waals surface area (Å²) in [4.78, 5) is 28.5. The molecule has 1 aromatic carbocycles. The van der Waals surface area contributed by atoms with Gasteiger partial charge in [0.1, 0.15) is 22.7 Å². The summed E-state index contributed by atoms with van der Waals surface area (Å²) in [6.07, 6.45) is -0.691. The highest BCUT2D eigenvalue weighted by Gasteiger charge is 2.36. The lowest BCUT2D eigenvalue weighted by Gasteiger charge is -2.35. The second-order valence-electron chi connectivity index (χ2n) is 10.9. The number of ether oxygens (including phenoxy) is 2. The van der Waals surface area contributed by atoms with Gasteiger partial charge in [-0.25, -0.2) is 9.97 Å². The Bertz CT molecular complexity index is 1580. The van der Waals surface area contributed by atoms with Crippen LogP contribution in [0.2, 0.25) is 0 Å². The maximum Gasteiger partial charge on any atom is 0.421 e. The van der Waals surface area contributed by atoms with Gasteiger partial charge in [-0.3, -0.25) is 4.79 Å². The molecule has 11 heteroatoms. The van der Waals surface area contributed by atoms with Crippen molar-refractivity contribution in [1.29, 1.82) is 0 Å². The second kappa shape index (κ2) is 12.0. The lowest BCUT2D eigenvalue weighted by atomic mass is 9.92. The van der Waals surface area contributed by atoms with E-state index in [1.165, 1.54) is 6.20 Å². The minimum atomic E-state index is -4.66. The van der Waals surface area contributed by atoms with Gasteiger partial charge in [-0.15, -0.1) is 0 Å². The number of nitrogens with one attached hydrogen (secondary N) is 1. The molecular weight excluding hydrogens is 547 g/mol. The van der Waals surface area contributed by atoms with Crippen LogP contribution in [0.3, 0.4) is 0 Å². The molecule has 4 heterocycles. The molecule has 3 aromatic heterocycles. The maximum atomic E-state index is 13.8. The Hall–Kier alpha value is -4.12. The molecular formula is C31H34F3N5O3. The predicted molar refractivity (Wildman–Crippen MR) is 153 cm³/mol. The molecule has 222 valence electrons. The first-order valence-electron chi connectivity index (χ1n) is 13.9. The molecule has 0 saturated carbocycles. The minimum Gasteiger partial charge on any atom is -0.477 e. The summed E-state index contributed by atoms with van der Waals surface area (Å²) in [6, 6.07) is 10.3. The molecule has 0 saturated heterocycles. The normalized spacial score (nSPS) is 15.2. The van der Waals surface area contributed by atoms with Gasteiger partial charge >= 0.3 is 6.18 Å². The van der Waals surface area contributed by atoms with Gasteiger partial charge in [0.25, 0.3) is 0 Å². The van der Waals surface area contributed by atoms with Gasteiger partial charge in [-0.1, -0.05) is 6.07 Å². The lowest BCUT2D eigenvalue weighted by molar-refractivity contribution is -0.139. The van der Waals surface area contributed by atoms with Crippen LogP contribution in [-0.4, -0.2) is 64.5 Å². The van der Waals surface area contributed by atoms with E-state index in [0.29, 0.717) is 37.4 Å². The zero-order valence-electron chi connectivity index (χ0n) is 24.1. The third-order valence-corrected chi connectivity index (χ3v) is 7.39. The van der Waals surface area contributed by atoms with E-state index in [9.17, 15) is 18.0 Å². The van der Waals surface area contributed by atoms with Crippen molar-refractivity contribution in [3.8, 4) is 17.4 Å². The van der Waals surface area contributed by atoms with Crippen LogP contribution < -0.4 is 9.47 Å². The van der Waals surface area contributed by atoms with Crippen molar-refractivity contribution in [3.05, 3.63) is 76.7 Å². The summed E-state index contributed by atoms with van der Waals surface area (Å²) in [5, 5.41) is 0.870. The quantitative estimate of drug-likeness (QED) is 0.241. The molecule has 5 rings (SSSR count). The molecule has 1 atom stereocenters. The number of H-pyrrole nitrogens is 1. The largest absolute Gasteiger partial charge is 0.477 e. The molecule has 0 radical (unpaired) electrons. The summed E-state index contributed by atoms with van der Waals surface area (Å²) in [6.45, 7) is 5.13. The first-order valence-corrected chi connectivity index (χ1v) is 13.9. The molecule has 0 unspecified atom stereocenters. The topological polar surface area (TPSA) is 83.6 Å². The average molecular weight is 582 g/mol. The third kappa shape index (κ3) is 6.51. The molecule has 0 bridgehead atoms. The Labute approximate surface area is 242 Å². The molecule has 0 spiro atoms. The lowest BCUT2D eigenvalue weighted by Crippen LogP contribution is -2.39. The van der Waals surface area contributed by atoms with Crippen LogP contribution >= 0.6 is 0 Å². The van der Waals surface area contributed by atoms with Crippen molar-refractivity contribution in [1.82, 2.24) is 24.8 Å². The summed E-state index contributed by atoms with van der Waals surface area (Å²) in [7, 11) is 3.76. The summed E-state index contributed by atoms with van der Waals surface area (Å²) < 4.78 is 53.1. The Balaban J connectivity index is 1.30. The monoisotopic (exact) mass is 581 g/mol. The fourth-order valence-electron chi connectivity index (χ4n) is 5.28. The fourth-order valence-corrected chi connectivity index (χ4v) is 5.28. The number of amides is 1. The molecule has 1 aliphatic rings. The third-order valence-electron chi connectivity index (χ3n) is 7.39. The van der Waals surface area contributed by atoms with Crippen molar-refractivity contribution >= 4 is 16.9 Å². The zero-order chi connectivity index (χ0) is 30.0. The number of hydrogen-bond donors (Lipinski definition) is 1. The van der Waals surface area contributed by atoms with Crippen LogP contribution in [0.5, 0.6) is 17.4 Å². The van der Waals surface area contributed by atoms with Crippen LogP contribution in [-0.2, 0) is 23.8 Å². The van der Waals surface area contributed by atoms with Gasteiger partial charge in [-0.2, -0.15) is 13.2 Å². The number of benzene rings is 1. The van der Waals surface area contributed by atoms with E-state index >= 15 is 0 Å². The van der Waals surface area contributed by atoms with E-state index in [0.717, 1.165) is 33.9 Å². The molecule has 4 aromatic rings. The molecule has 0 aliphatic carbocycles. The number of aryl methyl sites for hydroxylation is 1. The molecule has 0 fully saturated rings. The van der Waals surface area contributed by atoms with Gasteiger partial charge in [0.15, 0.2) is 0 Å². The zero-order valence-corrected chi connectivity index (χ0v) is 24.1. The van der Waals surface area contributed by atoms with Gasteiger partial charge in [0.2, 0.25) is 11.8 Å². The van der Waals surface area contributed by atoms with Crippen molar-refractivity contribution in [3.63, 3.8) is 0 Å². The molecule has 8 nitrogen and oxygen atoms in total. The first kappa shape index (κ1) is 29.4. The number of nitrogens with zero attached hydrogens (tertiary/aromatic N) is 4. The van der Waals surface area contributed by atoms with Gasteiger partial charge in [0, 0.05) is 31.2 Å². The Morgan fingerprint density at radius 2 is 1.98 bits per heavy atom. The minimum absolute atomic E-state index is 0.111. The SMILES string of the molecule is Cc1cc2c(Oc3ccc4c(c3)[C@H](C)N(C(=O)Cc3cnc(OCCCN(C)C)c(C(F)(F)F)c3)CC4)ccnc2[nH]1. The molecule has 1 N–H and O–H groups in total. The van der Waals surface area contributed by atoms with E-state index < -0.39 is 17.6 Å².